The molecule has 1 aromatic carbocycles. The highest BCUT2D eigenvalue weighted by atomic mass is 35.5. The van der Waals surface area contributed by atoms with Gasteiger partial charge in [-0.3, -0.25) is 19.6 Å². The smallest absolute Gasteiger partial charge is 0.271 e. The first kappa shape index (κ1) is 18.2. The van der Waals surface area contributed by atoms with E-state index >= 15 is 0 Å². The predicted molar refractivity (Wildman–Crippen MR) is 92.6 cm³/mol. The molecule has 7 nitrogen and oxygen atoms in total. The molecule has 1 atom stereocenters. The fourth-order valence-corrected chi connectivity index (χ4v) is 2.47. The molecule has 0 fully saturated rings. The van der Waals surface area contributed by atoms with Gasteiger partial charge in [0.05, 0.1) is 44.5 Å². The Morgan fingerprint density at radius 1 is 1.42 bits per heavy atom. The average molecular weight is 371 g/mol. The number of rotatable bonds is 5. The molecule has 128 valence electrons. The van der Waals surface area contributed by atoms with E-state index in [0.29, 0.717) is 17.3 Å². The first-order chi connectivity index (χ1) is 11.2. The topological polar surface area (TPSA) is 90.1 Å². The van der Waals surface area contributed by atoms with Crippen LogP contribution in [0.4, 0.5) is 11.4 Å². The van der Waals surface area contributed by atoms with Crippen molar-refractivity contribution >= 4 is 40.5 Å². The van der Waals surface area contributed by atoms with Gasteiger partial charge in [-0.15, -0.1) is 0 Å². The second kappa shape index (κ2) is 7.19. The van der Waals surface area contributed by atoms with E-state index in [4.69, 9.17) is 23.2 Å². The van der Waals surface area contributed by atoms with E-state index in [2.05, 4.69) is 10.4 Å². The second-order valence-corrected chi connectivity index (χ2v) is 6.26. The van der Waals surface area contributed by atoms with E-state index in [-0.39, 0.29) is 22.3 Å². The van der Waals surface area contributed by atoms with Gasteiger partial charge in [0.25, 0.3) is 5.69 Å². The summed E-state index contributed by atoms with van der Waals surface area (Å²) >= 11 is 12.1. The number of aromatic nitrogens is 2. The number of nitrogens with zero attached hydrogens (tertiary/aromatic N) is 3. The molecule has 24 heavy (non-hydrogen) atoms. The molecule has 1 aromatic heterocycles. The minimum absolute atomic E-state index is 0.146. The van der Waals surface area contributed by atoms with Crippen LogP contribution in [0.15, 0.2) is 18.2 Å². The number of amides is 1. The minimum atomic E-state index is -0.548. The Morgan fingerprint density at radius 3 is 2.62 bits per heavy atom. The summed E-state index contributed by atoms with van der Waals surface area (Å²) in [7, 11) is 0. The molecule has 0 saturated heterocycles. The van der Waals surface area contributed by atoms with Crippen LogP contribution in [0.2, 0.25) is 10.0 Å². The number of benzene rings is 1. The Balaban J connectivity index is 2.13. The van der Waals surface area contributed by atoms with Crippen LogP contribution in [0.3, 0.4) is 0 Å². The Labute approximate surface area is 148 Å². The zero-order valence-electron chi connectivity index (χ0n) is 13.3. The van der Waals surface area contributed by atoms with Gasteiger partial charge in [0.2, 0.25) is 5.91 Å². The molecule has 1 unspecified atom stereocenters. The average Bonchev–Trinajstić information content (AvgIpc) is 2.76. The first-order valence-corrected chi connectivity index (χ1v) is 7.90. The number of anilines is 1. The van der Waals surface area contributed by atoms with Gasteiger partial charge in [-0.05, 0) is 19.9 Å². The van der Waals surface area contributed by atoms with Gasteiger partial charge < -0.3 is 5.32 Å². The summed E-state index contributed by atoms with van der Waals surface area (Å²) in [5.74, 6) is -0.754. The number of nitro benzene ring substituents is 1. The fraction of sp³-hybridized carbons (Fsp3) is 0.333. The number of aryl methyl sites for hydroxylation is 1. The Hall–Kier alpha value is -2.12. The summed E-state index contributed by atoms with van der Waals surface area (Å²) < 4.78 is 1.66. The SMILES string of the molecule is Cc1nn(CC(C)C(=O)Nc2cc([N+](=O)[O-])ccc2Cl)c(C)c1Cl. The summed E-state index contributed by atoms with van der Waals surface area (Å²) in [6.07, 6.45) is 0. The highest BCUT2D eigenvalue weighted by Gasteiger charge is 2.19. The highest BCUT2D eigenvalue weighted by Crippen LogP contribution is 2.27. The lowest BCUT2D eigenvalue weighted by molar-refractivity contribution is -0.384. The molecule has 0 aliphatic carbocycles. The highest BCUT2D eigenvalue weighted by molar-refractivity contribution is 6.33. The van der Waals surface area contributed by atoms with E-state index in [1.165, 1.54) is 18.2 Å². The van der Waals surface area contributed by atoms with Gasteiger partial charge >= 0.3 is 0 Å². The molecule has 0 aliphatic heterocycles. The molecule has 0 radical (unpaired) electrons. The van der Waals surface area contributed by atoms with Crippen molar-refractivity contribution in [1.29, 1.82) is 0 Å². The van der Waals surface area contributed by atoms with Crippen molar-refractivity contribution < 1.29 is 9.72 Å². The molecule has 0 bridgehead atoms. The third kappa shape index (κ3) is 3.85. The van der Waals surface area contributed by atoms with Gasteiger partial charge in [0.15, 0.2) is 0 Å². The quantitative estimate of drug-likeness (QED) is 0.636. The molecule has 0 saturated carbocycles. The number of halogens is 2. The van der Waals surface area contributed by atoms with Crippen molar-refractivity contribution in [2.24, 2.45) is 5.92 Å². The molecule has 1 N–H and O–H groups in total. The summed E-state index contributed by atoms with van der Waals surface area (Å²) in [6, 6.07) is 3.88. The van der Waals surface area contributed by atoms with Crippen LogP contribution in [0, 0.1) is 29.9 Å². The summed E-state index contributed by atoms with van der Waals surface area (Å²) in [5, 5.41) is 18.5. The largest absolute Gasteiger partial charge is 0.324 e. The van der Waals surface area contributed by atoms with Gasteiger partial charge in [-0.1, -0.05) is 30.1 Å². The number of non-ortho nitro benzene ring substituents is 1. The molecule has 1 amide bonds. The predicted octanol–water partition coefficient (Wildman–Crippen LogP) is 3.99. The monoisotopic (exact) mass is 370 g/mol. The number of hydrogen-bond acceptors (Lipinski definition) is 4. The van der Waals surface area contributed by atoms with E-state index in [9.17, 15) is 14.9 Å². The van der Waals surface area contributed by atoms with Gasteiger partial charge in [-0.25, -0.2) is 0 Å². The Bertz CT molecular complexity index is 804. The maximum atomic E-state index is 12.3. The van der Waals surface area contributed by atoms with E-state index < -0.39 is 10.8 Å². The van der Waals surface area contributed by atoms with Crippen molar-refractivity contribution in [3.63, 3.8) is 0 Å². The van der Waals surface area contributed by atoms with Gasteiger partial charge in [0, 0.05) is 12.1 Å². The summed E-state index contributed by atoms with van der Waals surface area (Å²) in [6.45, 7) is 5.67. The third-order valence-electron chi connectivity index (χ3n) is 3.61. The van der Waals surface area contributed by atoms with E-state index in [1.54, 1.807) is 18.5 Å². The van der Waals surface area contributed by atoms with Crippen LogP contribution in [0.25, 0.3) is 0 Å². The zero-order chi connectivity index (χ0) is 18.0. The number of carbonyl (C=O) groups excluding carboxylic acids is 1. The minimum Gasteiger partial charge on any atom is -0.324 e. The number of nitro groups is 1. The van der Waals surface area contributed by atoms with Crippen molar-refractivity contribution in [3.05, 3.63) is 49.7 Å². The fourth-order valence-electron chi connectivity index (χ4n) is 2.17. The van der Waals surface area contributed by atoms with Crippen LogP contribution in [0.5, 0.6) is 0 Å². The van der Waals surface area contributed by atoms with Gasteiger partial charge in [0.1, 0.15) is 0 Å². The van der Waals surface area contributed by atoms with Crippen molar-refractivity contribution in [3.8, 4) is 0 Å². The van der Waals surface area contributed by atoms with E-state index in [1.807, 2.05) is 6.92 Å². The Morgan fingerprint density at radius 2 is 2.08 bits per heavy atom. The van der Waals surface area contributed by atoms with Crippen LogP contribution >= 0.6 is 23.2 Å². The number of carbonyl (C=O) groups is 1. The molecule has 2 rings (SSSR count). The Kier molecular flexibility index (Phi) is 5.46. The van der Waals surface area contributed by atoms with Crippen molar-refractivity contribution in [1.82, 2.24) is 9.78 Å². The molecule has 0 spiro atoms. The van der Waals surface area contributed by atoms with Gasteiger partial charge in [-0.2, -0.15) is 5.10 Å². The number of hydrogen-bond donors (Lipinski definition) is 1. The molecule has 1 heterocycles. The normalized spacial score (nSPS) is 12.0. The van der Waals surface area contributed by atoms with E-state index in [0.717, 1.165) is 5.69 Å². The molecule has 2 aromatic rings. The molecular formula is C15H16Cl2N4O3. The molecular weight excluding hydrogens is 355 g/mol. The lowest BCUT2D eigenvalue weighted by Crippen LogP contribution is -2.25. The van der Waals surface area contributed by atoms with Crippen LogP contribution in [-0.2, 0) is 11.3 Å². The second-order valence-electron chi connectivity index (χ2n) is 5.48. The lowest BCUT2D eigenvalue weighted by atomic mass is 10.1. The van der Waals surface area contributed by atoms with Crippen LogP contribution in [0.1, 0.15) is 18.3 Å². The maximum absolute atomic E-state index is 12.3. The summed E-state index contributed by atoms with van der Waals surface area (Å²) in [5.41, 5.74) is 1.53. The van der Waals surface area contributed by atoms with Crippen LogP contribution in [-0.4, -0.2) is 20.6 Å². The third-order valence-corrected chi connectivity index (χ3v) is 4.48. The molecule has 9 heteroatoms. The molecule has 0 aliphatic rings. The summed E-state index contributed by atoms with van der Waals surface area (Å²) in [4.78, 5) is 22.6. The van der Waals surface area contributed by atoms with Crippen molar-refractivity contribution in [2.75, 3.05) is 5.32 Å². The first-order valence-electron chi connectivity index (χ1n) is 7.15. The standard InChI is InChI=1S/C15H16Cl2N4O3/c1-8(7-20-10(3)14(17)9(2)19-20)15(22)18-13-6-11(21(23)24)4-5-12(13)16/h4-6,8H,7H2,1-3H3,(H,18,22). The lowest BCUT2D eigenvalue weighted by Gasteiger charge is -2.14. The number of nitrogens with one attached hydrogen (secondary N) is 1. The zero-order valence-corrected chi connectivity index (χ0v) is 14.9. The maximum Gasteiger partial charge on any atom is 0.271 e. The van der Waals surface area contributed by atoms with Crippen LogP contribution < -0.4 is 5.32 Å². The van der Waals surface area contributed by atoms with Crippen molar-refractivity contribution in [2.45, 2.75) is 27.3 Å².